The second kappa shape index (κ2) is 14.5. The highest BCUT2D eigenvalue weighted by Crippen LogP contribution is 2.46. The van der Waals surface area contributed by atoms with Crippen LogP contribution in [0.15, 0.2) is 206 Å². The number of benzene rings is 8. The molecule has 2 aromatic heterocycles. The predicted molar refractivity (Wildman–Crippen MR) is 235 cm³/mol. The van der Waals surface area contributed by atoms with E-state index in [2.05, 4.69) is 162 Å². The highest BCUT2D eigenvalue weighted by molar-refractivity contribution is 6.13. The van der Waals surface area contributed by atoms with Crippen LogP contribution in [-0.4, -0.2) is 19.5 Å². The van der Waals surface area contributed by atoms with E-state index in [1.54, 1.807) is 0 Å². The standard InChI is InChI=1S/C52H37N5/c1-36-18-14-15-27-43(36)45-34-46-44-28-16-17-29-47(44)57(49(46)35-48(45)56(40-23-10-4-11-24-40)41-25-12-5-13-26-41)42-32-30-39(31-33-42)52-54-50(37-19-6-2-7-20-37)53-51(55-52)38-21-8-3-9-22-38/h2-35H,1H3. The minimum absolute atomic E-state index is 0.628. The van der Waals surface area contributed by atoms with Crippen LogP contribution < -0.4 is 4.90 Å². The first-order valence-corrected chi connectivity index (χ1v) is 19.2. The molecular weight excluding hydrogens is 695 g/mol. The molecule has 0 radical (unpaired) electrons. The van der Waals surface area contributed by atoms with E-state index in [-0.39, 0.29) is 0 Å². The molecule has 5 nitrogen and oxygen atoms in total. The molecule has 0 fully saturated rings. The van der Waals surface area contributed by atoms with Crippen LogP contribution in [0.25, 0.3) is 72.8 Å². The van der Waals surface area contributed by atoms with Crippen molar-refractivity contribution in [2.75, 3.05) is 4.90 Å². The molecule has 0 unspecified atom stereocenters. The van der Waals surface area contributed by atoms with Crippen LogP contribution >= 0.6 is 0 Å². The Hall–Kier alpha value is -7.63. The Labute approximate surface area is 331 Å². The first-order valence-electron chi connectivity index (χ1n) is 19.2. The van der Waals surface area contributed by atoms with E-state index >= 15 is 0 Å². The van der Waals surface area contributed by atoms with Gasteiger partial charge in [-0.1, -0.05) is 140 Å². The lowest BCUT2D eigenvalue weighted by Gasteiger charge is -2.28. The van der Waals surface area contributed by atoms with Crippen molar-refractivity contribution >= 4 is 38.9 Å². The molecule has 2 heterocycles. The molecule has 270 valence electrons. The molecule has 57 heavy (non-hydrogen) atoms. The average Bonchev–Trinajstić information content (AvgIpc) is 3.61. The lowest BCUT2D eigenvalue weighted by Crippen LogP contribution is -2.11. The molecule has 0 N–H and O–H groups in total. The minimum atomic E-state index is 0.628. The Balaban J connectivity index is 1.18. The summed E-state index contributed by atoms with van der Waals surface area (Å²) in [5.41, 5.74) is 13.0. The van der Waals surface area contributed by atoms with Crippen LogP contribution in [0.4, 0.5) is 17.1 Å². The van der Waals surface area contributed by atoms with Crippen LogP contribution in [0.5, 0.6) is 0 Å². The van der Waals surface area contributed by atoms with Gasteiger partial charge in [-0.2, -0.15) is 0 Å². The van der Waals surface area contributed by atoms with Gasteiger partial charge in [0.2, 0.25) is 0 Å². The molecule has 8 aromatic carbocycles. The van der Waals surface area contributed by atoms with Gasteiger partial charge in [-0.05, 0) is 84.8 Å². The van der Waals surface area contributed by atoms with Crippen molar-refractivity contribution in [3.63, 3.8) is 0 Å². The molecule has 0 aliphatic rings. The maximum atomic E-state index is 4.99. The molecule has 0 amide bonds. The lowest BCUT2D eigenvalue weighted by molar-refractivity contribution is 1.07. The van der Waals surface area contributed by atoms with Gasteiger partial charge in [-0.3, -0.25) is 0 Å². The molecule has 5 heteroatoms. The molecule has 10 rings (SSSR count). The van der Waals surface area contributed by atoms with Crippen molar-refractivity contribution in [3.05, 3.63) is 212 Å². The zero-order valence-corrected chi connectivity index (χ0v) is 31.4. The molecule has 0 aliphatic carbocycles. The third-order valence-electron chi connectivity index (χ3n) is 10.6. The van der Waals surface area contributed by atoms with E-state index < -0.39 is 0 Å². The van der Waals surface area contributed by atoms with Gasteiger partial charge in [0.25, 0.3) is 0 Å². The smallest absolute Gasteiger partial charge is 0.164 e. The highest BCUT2D eigenvalue weighted by atomic mass is 15.1. The summed E-state index contributed by atoms with van der Waals surface area (Å²) in [6.45, 7) is 2.20. The third-order valence-corrected chi connectivity index (χ3v) is 10.6. The summed E-state index contributed by atoms with van der Waals surface area (Å²) in [5.74, 6) is 1.91. The number of aromatic nitrogens is 4. The van der Waals surface area contributed by atoms with Gasteiger partial charge in [0, 0.05) is 50.1 Å². The third kappa shape index (κ3) is 6.31. The summed E-state index contributed by atoms with van der Waals surface area (Å²) in [6.07, 6.45) is 0. The van der Waals surface area contributed by atoms with E-state index in [9.17, 15) is 0 Å². The number of nitrogens with zero attached hydrogens (tertiary/aromatic N) is 5. The van der Waals surface area contributed by atoms with Crippen molar-refractivity contribution in [1.82, 2.24) is 19.5 Å². The van der Waals surface area contributed by atoms with Gasteiger partial charge in [-0.25, -0.2) is 15.0 Å². The molecule has 0 aliphatic heterocycles. The predicted octanol–water partition coefficient (Wildman–Crippen LogP) is 13.4. The summed E-state index contributed by atoms with van der Waals surface area (Å²) in [7, 11) is 0. The topological polar surface area (TPSA) is 46.8 Å². The number of hydrogen-bond donors (Lipinski definition) is 0. The van der Waals surface area contributed by atoms with Crippen LogP contribution in [0.1, 0.15) is 5.56 Å². The maximum absolute atomic E-state index is 4.99. The Morgan fingerprint density at radius 2 is 0.860 bits per heavy atom. The van der Waals surface area contributed by atoms with Crippen LogP contribution in [0, 0.1) is 6.92 Å². The van der Waals surface area contributed by atoms with Gasteiger partial charge < -0.3 is 9.47 Å². The zero-order valence-electron chi connectivity index (χ0n) is 31.4. The van der Waals surface area contributed by atoms with Crippen molar-refractivity contribution in [1.29, 1.82) is 0 Å². The van der Waals surface area contributed by atoms with E-state index in [1.807, 2.05) is 60.7 Å². The van der Waals surface area contributed by atoms with Gasteiger partial charge in [0.1, 0.15) is 0 Å². The summed E-state index contributed by atoms with van der Waals surface area (Å²) in [4.78, 5) is 17.3. The average molecular weight is 732 g/mol. The largest absolute Gasteiger partial charge is 0.310 e. The number of aryl methyl sites for hydroxylation is 1. The Morgan fingerprint density at radius 1 is 0.386 bits per heavy atom. The Kier molecular flexibility index (Phi) is 8.65. The number of para-hydroxylation sites is 3. The van der Waals surface area contributed by atoms with Crippen LogP contribution in [-0.2, 0) is 0 Å². The molecule has 0 saturated heterocycles. The second-order valence-corrected chi connectivity index (χ2v) is 14.1. The summed E-state index contributed by atoms with van der Waals surface area (Å²) < 4.78 is 2.38. The number of hydrogen-bond acceptors (Lipinski definition) is 4. The van der Waals surface area contributed by atoms with Crippen molar-refractivity contribution in [3.8, 4) is 51.0 Å². The van der Waals surface area contributed by atoms with Crippen molar-refractivity contribution in [2.24, 2.45) is 0 Å². The molecule has 10 aromatic rings. The van der Waals surface area contributed by atoms with Crippen molar-refractivity contribution < 1.29 is 0 Å². The Morgan fingerprint density at radius 3 is 1.42 bits per heavy atom. The summed E-state index contributed by atoms with van der Waals surface area (Å²) >= 11 is 0. The van der Waals surface area contributed by atoms with E-state index in [4.69, 9.17) is 15.0 Å². The fourth-order valence-corrected chi connectivity index (χ4v) is 7.84. The van der Waals surface area contributed by atoms with Crippen LogP contribution in [0.2, 0.25) is 0 Å². The normalized spacial score (nSPS) is 11.2. The fourth-order valence-electron chi connectivity index (χ4n) is 7.84. The summed E-state index contributed by atoms with van der Waals surface area (Å²) in [5, 5.41) is 2.39. The van der Waals surface area contributed by atoms with E-state index in [1.165, 1.54) is 27.5 Å². The highest BCUT2D eigenvalue weighted by Gasteiger charge is 2.23. The number of fused-ring (bicyclic) bond motifs is 3. The van der Waals surface area contributed by atoms with Gasteiger partial charge in [-0.15, -0.1) is 0 Å². The summed E-state index contributed by atoms with van der Waals surface area (Å²) in [6, 6.07) is 72.2. The fraction of sp³-hybridized carbons (Fsp3) is 0.0192. The van der Waals surface area contributed by atoms with Gasteiger partial charge in [0.15, 0.2) is 17.5 Å². The quantitative estimate of drug-likeness (QED) is 0.156. The zero-order chi connectivity index (χ0) is 38.1. The molecular formula is C52H37N5. The molecule has 0 saturated carbocycles. The van der Waals surface area contributed by atoms with Crippen molar-refractivity contribution in [2.45, 2.75) is 6.92 Å². The SMILES string of the molecule is Cc1ccccc1-c1cc2c3ccccc3n(-c3ccc(-c4nc(-c5ccccc5)nc(-c5ccccc5)n4)cc3)c2cc1N(c1ccccc1)c1ccccc1. The second-order valence-electron chi connectivity index (χ2n) is 14.1. The van der Waals surface area contributed by atoms with Gasteiger partial charge >= 0.3 is 0 Å². The van der Waals surface area contributed by atoms with E-state index in [0.29, 0.717) is 17.5 Å². The maximum Gasteiger partial charge on any atom is 0.164 e. The number of rotatable bonds is 8. The Bertz CT molecular complexity index is 2900. The van der Waals surface area contributed by atoms with Crippen LogP contribution in [0.3, 0.4) is 0 Å². The van der Waals surface area contributed by atoms with Gasteiger partial charge in [0.05, 0.1) is 16.7 Å². The monoisotopic (exact) mass is 731 g/mol. The first-order chi connectivity index (χ1) is 28.2. The van der Waals surface area contributed by atoms with E-state index in [0.717, 1.165) is 50.5 Å². The lowest BCUT2D eigenvalue weighted by atomic mass is 9.95. The molecule has 0 atom stereocenters. The number of anilines is 3. The molecule has 0 spiro atoms. The first kappa shape index (κ1) is 33.9. The minimum Gasteiger partial charge on any atom is -0.310 e. The molecule has 0 bridgehead atoms.